The van der Waals surface area contributed by atoms with Crippen molar-refractivity contribution in [3.8, 4) is 11.8 Å². The Morgan fingerprint density at radius 2 is 2.19 bits per heavy atom. The number of nitrogens with zero attached hydrogens (tertiary/aromatic N) is 2. The van der Waals surface area contributed by atoms with Crippen LogP contribution in [0.2, 0.25) is 0 Å². The summed E-state index contributed by atoms with van der Waals surface area (Å²) in [4.78, 5) is 0. The lowest BCUT2D eigenvalue weighted by molar-refractivity contribution is 0.475. The lowest BCUT2D eigenvalue weighted by Crippen LogP contribution is -2.32. The van der Waals surface area contributed by atoms with Crippen molar-refractivity contribution in [3.05, 3.63) is 24.3 Å². The van der Waals surface area contributed by atoms with Gasteiger partial charge in [-0.3, -0.25) is 4.31 Å². The quantitative estimate of drug-likeness (QED) is 0.853. The first-order valence-electron chi connectivity index (χ1n) is 4.67. The molecule has 0 atom stereocenters. The van der Waals surface area contributed by atoms with Gasteiger partial charge < -0.3 is 5.11 Å². The van der Waals surface area contributed by atoms with E-state index in [1.807, 2.05) is 0 Å². The molecule has 0 saturated carbocycles. The molecule has 0 aliphatic heterocycles. The highest BCUT2D eigenvalue weighted by Crippen LogP contribution is 2.22. The van der Waals surface area contributed by atoms with Gasteiger partial charge in [-0.1, -0.05) is 6.07 Å². The summed E-state index contributed by atoms with van der Waals surface area (Å²) in [6.07, 6.45) is 0. The van der Waals surface area contributed by atoms with E-state index in [4.69, 9.17) is 5.26 Å². The first-order chi connectivity index (χ1) is 7.51. The van der Waals surface area contributed by atoms with E-state index in [-0.39, 0.29) is 12.3 Å². The van der Waals surface area contributed by atoms with E-state index in [1.54, 1.807) is 25.1 Å². The van der Waals surface area contributed by atoms with Crippen molar-refractivity contribution in [2.45, 2.75) is 6.92 Å². The minimum Gasteiger partial charge on any atom is -0.508 e. The summed E-state index contributed by atoms with van der Waals surface area (Å²) < 4.78 is 24.5. The van der Waals surface area contributed by atoms with Crippen LogP contribution in [0.25, 0.3) is 0 Å². The standard InChI is InChI=1S/C10H12N2O3S/c1-2-12(16(14,15)7-6-11)9-4-3-5-10(13)8-9/h3-5,8,13H,2,7H2,1H3. The molecule has 0 aliphatic carbocycles. The number of sulfonamides is 1. The predicted molar refractivity (Wildman–Crippen MR) is 60.5 cm³/mol. The Kier molecular flexibility index (Phi) is 3.74. The van der Waals surface area contributed by atoms with Crippen LogP contribution in [0.1, 0.15) is 6.92 Å². The maximum absolute atomic E-state index is 11.7. The van der Waals surface area contributed by atoms with E-state index >= 15 is 0 Å². The fourth-order valence-electron chi connectivity index (χ4n) is 1.35. The third-order valence-electron chi connectivity index (χ3n) is 1.99. The number of hydrogen-bond donors (Lipinski definition) is 1. The van der Waals surface area contributed by atoms with Crippen molar-refractivity contribution in [3.63, 3.8) is 0 Å². The molecule has 0 amide bonds. The van der Waals surface area contributed by atoms with Crippen molar-refractivity contribution >= 4 is 15.7 Å². The number of phenols is 1. The molecule has 0 saturated heterocycles. The minimum absolute atomic E-state index is 0.0110. The molecule has 0 aliphatic rings. The van der Waals surface area contributed by atoms with Crippen LogP contribution in [0.5, 0.6) is 5.75 Å². The highest BCUT2D eigenvalue weighted by atomic mass is 32.2. The van der Waals surface area contributed by atoms with Gasteiger partial charge in [-0.2, -0.15) is 5.26 Å². The van der Waals surface area contributed by atoms with Gasteiger partial charge in [0.15, 0.2) is 5.75 Å². The maximum atomic E-state index is 11.7. The Morgan fingerprint density at radius 3 is 2.69 bits per heavy atom. The Balaban J connectivity index is 3.14. The lowest BCUT2D eigenvalue weighted by atomic mass is 10.3. The summed E-state index contributed by atoms with van der Waals surface area (Å²) in [7, 11) is -3.63. The van der Waals surface area contributed by atoms with Crippen LogP contribution >= 0.6 is 0 Å². The molecule has 86 valence electrons. The number of nitriles is 1. The summed E-state index contributed by atoms with van der Waals surface area (Å²) in [5.74, 6) is -0.584. The van der Waals surface area contributed by atoms with E-state index in [2.05, 4.69) is 0 Å². The number of hydrogen-bond acceptors (Lipinski definition) is 4. The van der Waals surface area contributed by atoms with E-state index in [0.717, 1.165) is 4.31 Å². The third-order valence-corrected chi connectivity index (χ3v) is 3.62. The average Bonchev–Trinajstić information content (AvgIpc) is 2.18. The summed E-state index contributed by atoms with van der Waals surface area (Å²) in [6, 6.07) is 7.53. The predicted octanol–water partition coefficient (Wildman–Crippen LogP) is 1.07. The second-order valence-corrected chi connectivity index (χ2v) is 4.99. The summed E-state index contributed by atoms with van der Waals surface area (Å²) in [5, 5.41) is 17.7. The van der Waals surface area contributed by atoms with Crippen molar-refractivity contribution in [1.29, 1.82) is 5.26 Å². The number of anilines is 1. The molecule has 0 fully saturated rings. The first kappa shape index (κ1) is 12.3. The van der Waals surface area contributed by atoms with Crippen LogP contribution in [0.15, 0.2) is 24.3 Å². The molecule has 0 radical (unpaired) electrons. The number of rotatable bonds is 4. The molecular weight excluding hydrogens is 228 g/mol. The molecule has 16 heavy (non-hydrogen) atoms. The highest BCUT2D eigenvalue weighted by Gasteiger charge is 2.20. The second-order valence-electron chi connectivity index (χ2n) is 3.10. The van der Waals surface area contributed by atoms with Gasteiger partial charge in [0.1, 0.15) is 5.75 Å². The van der Waals surface area contributed by atoms with E-state index in [1.165, 1.54) is 12.1 Å². The Hall–Kier alpha value is -1.74. The minimum atomic E-state index is -3.63. The zero-order valence-corrected chi connectivity index (χ0v) is 9.61. The smallest absolute Gasteiger partial charge is 0.248 e. The normalized spacial score (nSPS) is 10.8. The van der Waals surface area contributed by atoms with Gasteiger partial charge in [0.05, 0.1) is 11.8 Å². The fourth-order valence-corrected chi connectivity index (χ4v) is 2.49. The van der Waals surface area contributed by atoms with Crippen molar-refractivity contribution in [2.75, 3.05) is 16.6 Å². The lowest BCUT2D eigenvalue weighted by Gasteiger charge is -2.21. The zero-order valence-electron chi connectivity index (χ0n) is 8.79. The average molecular weight is 240 g/mol. The third kappa shape index (κ3) is 2.64. The first-order valence-corrected chi connectivity index (χ1v) is 6.28. The van der Waals surface area contributed by atoms with Gasteiger partial charge in [0.25, 0.3) is 0 Å². The van der Waals surface area contributed by atoms with Crippen molar-refractivity contribution < 1.29 is 13.5 Å². The fraction of sp³-hybridized carbons (Fsp3) is 0.300. The molecule has 0 unspecified atom stereocenters. The van der Waals surface area contributed by atoms with E-state index < -0.39 is 15.8 Å². The van der Waals surface area contributed by atoms with E-state index in [9.17, 15) is 13.5 Å². The SMILES string of the molecule is CCN(c1cccc(O)c1)S(=O)(=O)CC#N. The second kappa shape index (κ2) is 4.86. The van der Waals surface area contributed by atoms with Crippen molar-refractivity contribution in [2.24, 2.45) is 0 Å². The largest absolute Gasteiger partial charge is 0.508 e. The Morgan fingerprint density at radius 1 is 1.50 bits per heavy atom. The van der Waals surface area contributed by atoms with Crippen LogP contribution in [0, 0.1) is 11.3 Å². The highest BCUT2D eigenvalue weighted by molar-refractivity contribution is 7.93. The van der Waals surface area contributed by atoms with Crippen molar-refractivity contribution in [1.82, 2.24) is 0 Å². The maximum Gasteiger partial charge on any atom is 0.248 e. The molecule has 0 aromatic heterocycles. The molecular formula is C10H12N2O3S. The number of phenolic OH excluding ortho intramolecular Hbond substituents is 1. The van der Waals surface area contributed by atoms with Crippen LogP contribution in [-0.2, 0) is 10.0 Å². The van der Waals surface area contributed by atoms with Crippen LogP contribution in [-0.4, -0.2) is 25.8 Å². The molecule has 1 aromatic carbocycles. The molecule has 1 rings (SSSR count). The van der Waals surface area contributed by atoms with E-state index in [0.29, 0.717) is 5.69 Å². The molecule has 0 bridgehead atoms. The molecule has 1 N–H and O–H groups in total. The number of aromatic hydroxyl groups is 1. The van der Waals surface area contributed by atoms with Crippen LogP contribution in [0.4, 0.5) is 5.69 Å². The van der Waals surface area contributed by atoms with Crippen LogP contribution in [0.3, 0.4) is 0 Å². The summed E-state index contributed by atoms with van der Waals surface area (Å²) in [6.45, 7) is 1.88. The molecule has 0 spiro atoms. The van der Waals surface area contributed by atoms with Gasteiger partial charge in [-0.05, 0) is 19.1 Å². The summed E-state index contributed by atoms with van der Waals surface area (Å²) in [5.41, 5.74) is 0.359. The zero-order chi connectivity index (χ0) is 12.2. The number of benzene rings is 1. The van der Waals surface area contributed by atoms with Crippen LogP contribution < -0.4 is 4.31 Å². The molecule has 5 nitrogen and oxygen atoms in total. The molecule has 6 heteroatoms. The Bertz CT molecular complexity index is 505. The molecule has 0 heterocycles. The molecule has 1 aromatic rings. The summed E-state index contributed by atoms with van der Waals surface area (Å²) >= 11 is 0. The van der Waals surface area contributed by atoms with Gasteiger partial charge in [0.2, 0.25) is 10.0 Å². The van der Waals surface area contributed by atoms with Gasteiger partial charge in [0, 0.05) is 12.6 Å². The Labute approximate surface area is 94.6 Å². The monoisotopic (exact) mass is 240 g/mol. The van der Waals surface area contributed by atoms with Gasteiger partial charge in [-0.25, -0.2) is 8.42 Å². The van der Waals surface area contributed by atoms with Gasteiger partial charge >= 0.3 is 0 Å². The van der Waals surface area contributed by atoms with Gasteiger partial charge in [-0.15, -0.1) is 0 Å². The topological polar surface area (TPSA) is 81.4 Å².